The third-order valence-corrected chi connectivity index (χ3v) is 10.1. The number of nitrogens with zero attached hydrogens (tertiary/aromatic N) is 1. The van der Waals surface area contributed by atoms with Crippen LogP contribution in [0.2, 0.25) is 0 Å². The summed E-state index contributed by atoms with van der Waals surface area (Å²) in [6, 6.07) is 80.9. The van der Waals surface area contributed by atoms with Gasteiger partial charge in [-0.05, 0) is 103 Å². The van der Waals surface area contributed by atoms with Crippen LogP contribution in [0.25, 0.3) is 66.4 Å². The largest absolute Gasteiger partial charge is 0.310 e. The zero-order chi connectivity index (χ0) is 35.4. The van der Waals surface area contributed by atoms with Crippen molar-refractivity contribution >= 4 is 27.8 Å². The summed E-state index contributed by atoms with van der Waals surface area (Å²) in [7, 11) is 0. The van der Waals surface area contributed by atoms with Crippen molar-refractivity contribution in [1.29, 1.82) is 0 Å². The number of anilines is 3. The number of hydrogen-bond donors (Lipinski definition) is 0. The lowest BCUT2D eigenvalue weighted by molar-refractivity contribution is 1.28. The van der Waals surface area contributed by atoms with Gasteiger partial charge < -0.3 is 4.90 Å². The minimum atomic E-state index is 1.10. The van der Waals surface area contributed by atoms with E-state index < -0.39 is 0 Å². The monoisotopic (exact) mass is 675 g/mol. The van der Waals surface area contributed by atoms with Crippen molar-refractivity contribution in [2.24, 2.45) is 0 Å². The predicted octanol–water partition coefficient (Wildman–Crippen LogP) is 14.6. The molecule has 9 aromatic rings. The van der Waals surface area contributed by atoms with Gasteiger partial charge in [-0.1, -0.05) is 182 Å². The molecule has 0 spiro atoms. The van der Waals surface area contributed by atoms with Crippen LogP contribution in [-0.4, -0.2) is 0 Å². The third kappa shape index (κ3) is 6.42. The van der Waals surface area contributed by atoms with Crippen LogP contribution >= 0.6 is 0 Å². The van der Waals surface area contributed by atoms with Crippen molar-refractivity contribution in [2.45, 2.75) is 0 Å². The summed E-state index contributed by atoms with van der Waals surface area (Å²) >= 11 is 0. The van der Waals surface area contributed by atoms with Gasteiger partial charge in [0.2, 0.25) is 0 Å². The molecule has 0 amide bonds. The fourth-order valence-corrected chi connectivity index (χ4v) is 7.47. The first-order valence-electron chi connectivity index (χ1n) is 18.2. The molecule has 0 N–H and O–H groups in total. The summed E-state index contributed by atoms with van der Waals surface area (Å²) in [5, 5.41) is 2.50. The van der Waals surface area contributed by atoms with Crippen molar-refractivity contribution in [2.75, 3.05) is 4.90 Å². The second-order valence-corrected chi connectivity index (χ2v) is 13.3. The highest BCUT2D eigenvalue weighted by Gasteiger charge is 2.21. The molecule has 0 saturated heterocycles. The maximum absolute atomic E-state index is 2.39. The maximum Gasteiger partial charge on any atom is 0.0540 e. The minimum Gasteiger partial charge on any atom is -0.310 e. The van der Waals surface area contributed by atoms with E-state index in [9.17, 15) is 0 Å². The Hall–Kier alpha value is -6.96. The van der Waals surface area contributed by atoms with Crippen LogP contribution in [0.15, 0.2) is 224 Å². The molecular formula is C52H37N. The second-order valence-electron chi connectivity index (χ2n) is 13.3. The molecule has 0 unspecified atom stereocenters. The van der Waals surface area contributed by atoms with E-state index in [1.54, 1.807) is 0 Å². The molecule has 0 fully saturated rings. The quantitative estimate of drug-likeness (QED) is 0.155. The molecule has 1 nitrogen and oxygen atoms in total. The minimum absolute atomic E-state index is 1.10. The molecule has 0 aliphatic rings. The van der Waals surface area contributed by atoms with Crippen LogP contribution in [0.5, 0.6) is 0 Å². The molecule has 53 heavy (non-hydrogen) atoms. The summed E-state index contributed by atoms with van der Waals surface area (Å²) in [6.07, 6.45) is 0. The number of fused-ring (bicyclic) bond motifs is 1. The Morgan fingerprint density at radius 2 is 0.698 bits per heavy atom. The Morgan fingerprint density at radius 1 is 0.226 bits per heavy atom. The Kier molecular flexibility index (Phi) is 8.66. The smallest absolute Gasteiger partial charge is 0.0540 e. The van der Waals surface area contributed by atoms with E-state index in [0.29, 0.717) is 0 Å². The van der Waals surface area contributed by atoms with Crippen LogP contribution in [0.3, 0.4) is 0 Å². The van der Waals surface area contributed by atoms with Gasteiger partial charge in [0, 0.05) is 16.9 Å². The van der Waals surface area contributed by atoms with Crippen molar-refractivity contribution < 1.29 is 0 Å². The molecule has 0 aliphatic heterocycles. The second kappa shape index (κ2) is 14.3. The summed E-state index contributed by atoms with van der Waals surface area (Å²) < 4.78 is 0. The van der Waals surface area contributed by atoms with Crippen molar-refractivity contribution in [3.63, 3.8) is 0 Å². The standard InChI is InChI=1S/C52H37N/c1-4-16-38(17-5-1)44-32-35-49(51(37-44)48-25-13-12-24-47(48)41-19-6-2-7-20-41)50-26-14-15-27-52(50)53(45-22-8-3-9-23-45)46-33-30-40(31-34-46)43-29-28-39-18-10-11-21-42(39)36-43/h1-37H. The highest BCUT2D eigenvalue weighted by molar-refractivity contribution is 5.98. The van der Waals surface area contributed by atoms with Gasteiger partial charge in [-0.25, -0.2) is 0 Å². The fourth-order valence-electron chi connectivity index (χ4n) is 7.47. The first-order chi connectivity index (χ1) is 26.3. The lowest BCUT2D eigenvalue weighted by Gasteiger charge is -2.29. The molecule has 0 heterocycles. The van der Waals surface area contributed by atoms with Crippen molar-refractivity contribution in [1.82, 2.24) is 0 Å². The van der Waals surface area contributed by atoms with Crippen LogP contribution < -0.4 is 4.90 Å². The molecule has 250 valence electrons. The third-order valence-electron chi connectivity index (χ3n) is 10.1. The maximum atomic E-state index is 2.39. The first-order valence-corrected chi connectivity index (χ1v) is 18.2. The van der Waals surface area contributed by atoms with E-state index >= 15 is 0 Å². The molecule has 0 atom stereocenters. The zero-order valence-corrected chi connectivity index (χ0v) is 29.3. The highest BCUT2D eigenvalue weighted by Crippen LogP contribution is 2.46. The molecule has 0 radical (unpaired) electrons. The van der Waals surface area contributed by atoms with Gasteiger partial charge in [0.15, 0.2) is 0 Å². The molecule has 9 rings (SSSR count). The Morgan fingerprint density at radius 3 is 1.43 bits per heavy atom. The fraction of sp³-hybridized carbons (Fsp3) is 0. The molecule has 0 aromatic heterocycles. The van der Waals surface area contributed by atoms with E-state index in [2.05, 4.69) is 229 Å². The van der Waals surface area contributed by atoms with E-state index in [0.717, 1.165) is 22.6 Å². The summed E-state index contributed by atoms with van der Waals surface area (Å²) in [5.41, 5.74) is 15.2. The average molecular weight is 676 g/mol. The topological polar surface area (TPSA) is 3.24 Å². The van der Waals surface area contributed by atoms with Crippen LogP contribution in [-0.2, 0) is 0 Å². The normalized spacial score (nSPS) is 11.0. The van der Waals surface area contributed by atoms with Gasteiger partial charge in [-0.3, -0.25) is 0 Å². The lowest BCUT2D eigenvalue weighted by atomic mass is 9.86. The number of rotatable bonds is 8. The number of hydrogen-bond acceptors (Lipinski definition) is 1. The van der Waals surface area contributed by atoms with Gasteiger partial charge in [-0.15, -0.1) is 0 Å². The van der Waals surface area contributed by atoms with Gasteiger partial charge >= 0.3 is 0 Å². The number of benzene rings is 9. The van der Waals surface area contributed by atoms with E-state index in [1.807, 2.05) is 0 Å². The van der Waals surface area contributed by atoms with Crippen molar-refractivity contribution in [3.8, 4) is 55.6 Å². The van der Waals surface area contributed by atoms with Gasteiger partial charge in [0.1, 0.15) is 0 Å². The average Bonchev–Trinajstić information content (AvgIpc) is 3.25. The van der Waals surface area contributed by atoms with Gasteiger partial charge in [-0.2, -0.15) is 0 Å². The van der Waals surface area contributed by atoms with E-state index in [4.69, 9.17) is 0 Å². The molecule has 9 aromatic carbocycles. The lowest BCUT2D eigenvalue weighted by Crippen LogP contribution is -2.11. The van der Waals surface area contributed by atoms with Gasteiger partial charge in [0.05, 0.1) is 5.69 Å². The van der Waals surface area contributed by atoms with E-state index in [-0.39, 0.29) is 0 Å². The van der Waals surface area contributed by atoms with Crippen molar-refractivity contribution in [3.05, 3.63) is 224 Å². The predicted molar refractivity (Wildman–Crippen MR) is 226 cm³/mol. The Bertz CT molecular complexity index is 2640. The van der Waals surface area contributed by atoms with Crippen LogP contribution in [0, 0.1) is 0 Å². The Balaban J connectivity index is 1.22. The Labute approximate surface area is 311 Å². The summed E-state index contributed by atoms with van der Waals surface area (Å²) in [5.74, 6) is 0. The summed E-state index contributed by atoms with van der Waals surface area (Å²) in [4.78, 5) is 2.39. The molecule has 0 aliphatic carbocycles. The SMILES string of the molecule is c1ccc(-c2ccc(-c3ccccc3N(c3ccccc3)c3ccc(-c4ccc5ccccc5c4)cc3)c(-c3ccccc3-c3ccccc3)c2)cc1. The summed E-state index contributed by atoms with van der Waals surface area (Å²) in [6.45, 7) is 0. The highest BCUT2D eigenvalue weighted by atomic mass is 15.1. The molecule has 1 heteroatoms. The van der Waals surface area contributed by atoms with Gasteiger partial charge in [0.25, 0.3) is 0 Å². The first kappa shape index (κ1) is 32.0. The van der Waals surface area contributed by atoms with E-state index in [1.165, 1.54) is 60.8 Å². The molecule has 0 bridgehead atoms. The van der Waals surface area contributed by atoms with Crippen LogP contribution in [0.4, 0.5) is 17.1 Å². The molecular weight excluding hydrogens is 639 g/mol. The number of para-hydroxylation sites is 2. The van der Waals surface area contributed by atoms with Crippen LogP contribution in [0.1, 0.15) is 0 Å². The zero-order valence-electron chi connectivity index (χ0n) is 29.3. The molecule has 0 saturated carbocycles.